The van der Waals surface area contributed by atoms with Crippen LogP contribution in [0.5, 0.6) is 0 Å². The first-order valence-electron chi connectivity index (χ1n) is 9.46. The number of esters is 1. The molecule has 1 atom stereocenters. The quantitative estimate of drug-likeness (QED) is 0.297. The van der Waals surface area contributed by atoms with E-state index in [1.54, 1.807) is 0 Å². The van der Waals surface area contributed by atoms with E-state index in [0.717, 1.165) is 19.2 Å². The second-order valence-corrected chi connectivity index (χ2v) is 6.84. The molecule has 0 saturated heterocycles. The predicted molar refractivity (Wildman–Crippen MR) is 107 cm³/mol. The van der Waals surface area contributed by atoms with Gasteiger partial charge in [0, 0.05) is 37.0 Å². The minimum atomic E-state index is -0.873. The number of methoxy groups -OCH3 is 2. The molecule has 2 aromatic carbocycles. The number of benzene rings is 2. The Balaban J connectivity index is 2.07. The smallest absolute Gasteiger partial charge is 0.338 e. The number of anilines is 1. The monoisotopic (exact) mass is 432 g/mol. The molecule has 0 N–H and O–H groups in total. The van der Waals surface area contributed by atoms with E-state index in [2.05, 4.69) is 0 Å². The molecule has 31 heavy (non-hydrogen) atoms. The number of hydrogen-bond donors (Lipinski definition) is 0. The van der Waals surface area contributed by atoms with Crippen molar-refractivity contribution in [2.45, 2.75) is 18.9 Å². The van der Waals surface area contributed by atoms with Gasteiger partial charge in [-0.25, -0.2) is 9.18 Å². The van der Waals surface area contributed by atoms with Crippen LogP contribution >= 0.6 is 0 Å². The van der Waals surface area contributed by atoms with Gasteiger partial charge in [-0.2, -0.15) is 0 Å². The Labute approximate surface area is 177 Å². The topological polar surface area (TPSA) is 108 Å². The zero-order valence-corrected chi connectivity index (χ0v) is 17.0. The lowest BCUT2D eigenvalue weighted by Crippen LogP contribution is -2.33. The Morgan fingerprint density at radius 3 is 2.65 bits per heavy atom. The number of nitro benzene ring substituents is 1. The number of halogens is 1. The zero-order valence-electron chi connectivity index (χ0n) is 17.0. The van der Waals surface area contributed by atoms with E-state index in [-0.39, 0.29) is 30.2 Å². The van der Waals surface area contributed by atoms with Gasteiger partial charge in [0.15, 0.2) is 0 Å². The van der Waals surface area contributed by atoms with Crippen LogP contribution in [0.1, 0.15) is 45.2 Å². The Morgan fingerprint density at radius 2 is 1.97 bits per heavy atom. The molecule has 10 heteroatoms. The van der Waals surface area contributed by atoms with Gasteiger partial charge < -0.3 is 19.1 Å². The van der Waals surface area contributed by atoms with E-state index in [1.165, 1.54) is 36.3 Å². The van der Waals surface area contributed by atoms with Crippen molar-refractivity contribution < 1.29 is 33.1 Å². The molecule has 1 amide bonds. The molecular formula is C21H21FN2O7. The number of rotatable bonds is 6. The fourth-order valence-electron chi connectivity index (χ4n) is 3.53. The van der Waals surface area contributed by atoms with Crippen molar-refractivity contribution in [1.82, 2.24) is 0 Å². The molecule has 0 saturated carbocycles. The van der Waals surface area contributed by atoms with Crippen molar-refractivity contribution in [3.8, 4) is 0 Å². The van der Waals surface area contributed by atoms with Crippen LogP contribution in [0.3, 0.4) is 0 Å². The number of amides is 1. The summed E-state index contributed by atoms with van der Waals surface area (Å²) in [6, 6.07) is 7.38. The normalized spacial score (nSPS) is 15.7. The number of hydrogen-bond acceptors (Lipinski definition) is 7. The number of nitrogens with zero attached hydrogens (tertiary/aromatic N) is 2. The zero-order chi connectivity index (χ0) is 22.5. The third kappa shape index (κ3) is 4.70. The predicted octanol–water partition coefficient (Wildman–Crippen LogP) is 3.62. The Hall–Kier alpha value is -3.37. The fraction of sp³-hybridized carbons (Fsp3) is 0.333. The molecule has 0 spiro atoms. The lowest BCUT2D eigenvalue weighted by atomic mass is 10.0. The summed E-state index contributed by atoms with van der Waals surface area (Å²) in [6.07, 6.45) is 0.574. The molecule has 1 unspecified atom stereocenters. The van der Waals surface area contributed by atoms with Crippen LogP contribution in [0.25, 0.3) is 0 Å². The summed E-state index contributed by atoms with van der Waals surface area (Å²) in [5, 5.41) is 11.1. The van der Waals surface area contributed by atoms with E-state index < -0.39 is 28.7 Å². The van der Waals surface area contributed by atoms with Crippen LogP contribution in [0.15, 0.2) is 36.4 Å². The Bertz CT molecular complexity index is 1010. The van der Waals surface area contributed by atoms with Gasteiger partial charge in [-0.05, 0) is 37.1 Å². The highest BCUT2D eigenvalue weighted by Crippen LogP contribution is 2.37. The molecule has 3 rings (SSSR count). The summed E-state index contributed by atoms with van der Waals surface area (Å²) in [5.74, 6) is -1.91. The molecule has 0 radical (unpaired) electrons. The third-order valence-corrected chi connectivity index (χ3v) is 4.96. The van der Waals surface area contributed by atoms with Gasteiger partial charge in [-0.15, -0.1) is 0 Å². The first-order chi connectivity index (χ1) is 14.9. The van der Waals surface area contributed by atoms with Crippen molar-refractivity contribution in [1.29, 1.82) is 0 Å². The van der Waals surface area contributed by atoms with Crippen molar-refractivity contribution in [3.05, 3.63) is 69.0 Å². The maximum Gasteiger partial charge on any atom is 0.338 e. The van der Waals surface area contributed by atoms with Gasteiger partial charge in [-0.3, -0.25) is 14.9 Å². The molecule has 0 aromatic heterocycles. The van der Waals surface area contributed by atoms with Crippen molar-refractivity contribution >= 4 is 23.3 Å². The number of nitro groups is 1. The Kier molecular flexibility index (Phi) is 6.93. The van der Waals surface area contributed by atoms with E-state index in [1.807, 2.05) is 0 Å². The van der Waals surface area contributed by atoms with Crippen molar-refractivity contribution in [2.75, 3.05) is 32.5 Å². The van der Waals surface area contributed by atoms with Crippen LogP contribution < -0.4 is 4.90 Å². The highest BCUT2D eigenvalue weighted by atomic mass is 19.1. The molecule has 2 aromatic rings. The summed E-state index contributed by atoms with van der Waals surface area (Å²) in [5.41, 5.74) is 0.290. The standard InChI is InChI=1S/C21H21FN2O7/c1-29-12-31-19-4-3-9-23(18-8-5-13(22)10-17(18)19)20(25)15-7-6-14(24(27)28)11-16(15)21(26)30-2/h5-8,10-11,19H,3-4,9,12H2,1-2H3. The minimum absolute atomic E-state index is 0.00338. The number of non-ortho nitro benzene ring substituents is 1. The van der Waals surface area contributed by atoms with E-state index in [9.17, 15) is 24.1 Å². The minimum Gasteiger partial charge on any atom is -0.465 e. The van der Waals surface area contributed by atoms with Crippen LogP contribution in [0.4, 0.5) is 15.8 Å². The van der Waals surface area contributed by atoms with Crippen molar-refractivity contribution in [3.63, 3.8) is 0 Å². The van der Waals surface area contributed by atoms with Crippen molar-refractivity contribution in [2.24, 2.45) is 0 Å². The van der Waals surface area contributed by atoms with Crippen LogP contribution in [-0.4, -0.2) is 44.4 Å². The van der Waals surface area contributed by atoms with Gasteiger partial charge >= 0.3 is 5.97 Å². The molecular weight excluding hydrogens is 411 g/mol. The summed E-state index contributed by atoms with van der Waals surface area (Å²) in [4.78, 5) is 37.5. The van der Waals surface area contributed by atoms with E-state index >= 15 is 0 Å². The van der Waals surface area contributed by atoms with Gasteiger partial charge in [0.1, 0.15) is 12.6 Å². The molecule has 1 heterocycles. The fourth-order valence-corrected chi connectivity index (χ4v) is 3.53. The molecule has 0 bridgehead atoms. The van der Waals surface area contributed by atoms with Crippen LogP contribution in [-0.2, 0) is 14.2 Å². The summed E-state index contributed by atoms with van der Waals surface area (Å²) < 4.78 is 29.3. The lowest BCUT2D eigenvalue weighted by Gasteiger charge is -2.25. The van der Waals surface area contributed by atoms with E-state index in [4.69, 9.17) is 14.2 Å². The SMILES string of the molecule is COCOC1CCCN(C(=O)c2ccc([N+](=O)[O-])cc2C(=O)OC)c2ccc(F)cc21. The molecule has 1 aliphatic rings. The summed E-state index contributed by atoms with van der Waals surface area (Å²) >= 11 is 0. The number of fused-ring (bicyclic) bond motifs is 1. The highest BCUT2D eigenvalue weighted by molar-refractivity contribution is 6.12. The summed E-state index contributed by atoms with van der Waals surface area (Å²) in [7, 11) is 2.60. The number of ether oxygens (including phenoxy) is 3. The molecule has 0 aliphatic carbocycles. The maximum atomic E-state index is 14.0. The number of carbonyl (C=O) groups excluding carboxylic acids is 2. The van der Waals surface area contributed by atoms with Crippen LogP contribution in [0, 0.1) is 15.9 Å². The van der Waals surface area contributed by atoms with Crippen LogP contribution in [0.2, 0.25) is 0 Å². The lowest BCUT2D eigenvalue weighted by molar-refractivity contribution is -0.384. The largest absolute Gasteiger partial charge is 0.465 e. The number of carbonyl (C=O) groups is 2. The van der Waals surface area contributed by atoms with Gasteiger partial charge in [0.05, 0.1) is 29.3 Å². The van der Waals surface area contributed by atoms with Gasteiger partial charge in [0.2, 0.25) is 0 Å². The second kappa shape index (κ2) is 9.63. The Morgan fingerprint density at radius 1 is 1.19 bits per heavy atom. The first kappa shape index (κ1) is 22.3. The van der Waals surface area contributed by atoms with E-state index in [0.29, 0.717) is 24.1 Å². The summed E-state index contributed by atoms with van der Waals surface area (Å²) in [6.45, 7) is 0.283. The first-order valence-corrected chi connectivity index (χ1v) is 9.46. The molecule has 0 fully saturated rings. The maximum absolute atomic E-state index is 14.0. The average Bonchev–Trinajstić information content (AvgIpc) is 2.95. The third-order valence-electron chi connectivity index (χ3n) is 4.96. The van der Waals surface area contributed by atoms with Gasteiger partial charge in [-0.1, -0.05) is 0 Å². The van der Waals surface area contributed by atoms with Gasteiger partial charge in [0.25, 0.3) is 11.6 Å². The molecule has 164 valence electrons. The molecule has 1 aliphatic heterocycles. The highest BCUT2D eigenvalue weighted by Gasteiger charge is 2.31. The molecule has 9 nitrogen and oxygen atoms in total. The second-order valence-electron chi connectivity index (χ2n) is 6.84. The average molecular weight is 432 g/mol.